The SMILES string of the molecule is N#Cc1cc2c(c(C(F)(F)F)c1)C(O)(c1ccc(Cl)cc1Cl)C(=O)N2CC1CCC1. The second-order valence-corrected chi connectivity index (χ2v) is 8.42. The summed E-state index contributed by atoms with van der Waals surface area (Å²) >= 11 is 12.1. The van der Waals surface area contributed by atoms with Gasteiger partial charge in [0, 0.05) is 27.7 Å². The maximum absolute atomic E-state index is 14.0. The molecule has 0 aromatic heterocycles. The lowest BCUT2D eigenvalue weighted by Crippen LogP contribution is -2.44. The number of anilines is 1. The number of aliphatic hydroxyl groups is 1. The van der Waals surface area contributed by atoms with Crippen LogP contribution in [0.3, 0.4) is 0 Å². The van der Waals surface area contributed by atoms with Crippen LogP contribution in [0.15, 0.2) is 30.3 Å². The number of carbonyl (C=O) groups is 1. The molecular formula is C21H15Cl2F3N2O2. The van der Waals surface area contributed by atoms with E-state index in [-0.39, 0.29) is 39.3 Å². The van der Waals surface area contributed by atoms with Crippen molar-refractivity contribution in [3.05, 3.63) is 62.6 Å². The maximum atomic E-state index is 14.0. The second-order valence-electron chi connectivity index (χ2n) is 7.57. The first kappa shape index (κ1) is 21.0. The van der Waals surface area contributed by atoms with Gasteiger partial charge in [-0.1, -0.05) is 35.7 Å². The number of hydrogen-bond donors (Lipinski definition) is 1. The van der Waals surface area contributed by atoms with E-state index in [0.717, 1.165) is 24.2 Å². The minimum atomic E-state index is -4.91. The Morgan fingerprint density at radius 3 is 2.47 bits per heavy atom. The Morgan fingerprint density at radius 2 is 1.93 bits per heavy atom. The van der Waals surface area contributed by atoms with Gasteiger partial charge in [-0.15, -0.1) is 0 Å². The van der Waals surface area contributed by atoms with Crippen molar-refractivity contribution in [1.29, 1.82) is 5.26 Å². The van der Waals surface area contributed by atoms with Crippen LogP contribution in [-0.4, -0.2) is 17.6 Å². The third kappa shape index (κ3) is 3.15. The van der Waals surface area contributed by atoms with Crippen LogP contribution in [0.5, 0.6) is 0 Å². The molecule has 0 bridgehead atoms. The Bertz CT molecular complexity index is 1090. The molecule has 1 unspecified atom stereocenters. The largest absolute Gasteiger partial charge is 0.416 e. The maximum Gasteiger partial charge on any atom is 0.416 e. The van der Waals surface area contributed by atoms with Gasteiger partial charge in [0.15, 0.2) is 5.60 Å². The fourth-order valence-electron chi connectivity index (χ4n) is 4.07. The highest BCUT2D eigenvalue weighted by Crippen LogP contribution is 2.52. The van der Waals surface area contributed by atoms with E-state index in [9.17, 15) is 28.3 Å². The average molecular weight is 455 g/mol. The number of amides is 1. The molecule has 2 aromatic carbocycles. The highest BCUT2D eigenvalue weighted by molar-refractivity contribution is 6.35. The number of hydrogen-bond acceptors (Lipinski definition) is 3. The molecule has 1 aliphatic heterocycles. The van der Waals surface area contributed by atoms with Crippen LogP contribution in [-0.2, 0) is 16.6 Å². The van der Waals surface area contributed by atoms with E-state index in [1.807, 2.05) is 0 Å². The van der Waals surface area contributed by atoms with Gasteiger partial charge in [0.1, 0.15) is 0 Å². The number of carbonyl (C=O) groups excluding carboxylic acids is 1. The first-order chi connectivity index (χ1) is 14.1. The molecule has 0 radical (unpaired) electrons. The lowest BCUT2D eigenvalue weighted by atomic mass is 9.83. The molecule has 1 fully saturated rings. The fraction of sp³-hybridized carbons (Fsp3) is 0.333. The molecular weight excluding hydrogens is 440 g/mol. The smallest absolute Gasteiger partial charge is 0.372 e. The quantitative estimate of drug-likeness (QED) is 0.687. The Labute approximate surface area is 180 Å². The summed E-state index contributed by atoms with van der Waals surface area (Å²) in [6.45, 7) is 0.158. The molecule has 0 saturated heterocycles. The molecule has 30 heavy (non-hydrogen) atoms. The molecule has 0 spiro atoms. The molecule has 9 heteroatoms. The fourth-order valence-corrected chi connectivity index (χ4v) is 4.61. The molecule has 1 atom stereocenters. The Kier molecular flexibility index (Phi) is 5.00. The minimum Gasteiger partial charge on any atom is -0.372 e. The van der Waals surface area contributed by atoms with Gasteiger partial charge >= 0.3 is 6.18 Å². The lowest BCUT2D eigenvalue weighted by Gasteiger charge is -2.31. The summed E-state index contributed by atoms with van der Waals surface area (Å²) in [4.78, 5) is 14.6. The van der Waals surface area contributed by atoms with E-state index < -0.39 is 28.8 Å². The summed E-state index contributed by atoms with van der Waals surface area (Å²) in [7, 11) is 0. The van der Waals surface area contributed by atoms with E-state index in [4.69, 9.17) is 23.2 Å². The zero-order valence-electron chi connectivity index (χ0n) is 15.4. The van der Waals surface area contributed by atoms with Gasteiger partial charge in [0.25, 0.3) is 5.91 Å². The van der Waals surface area contributed by atoms with Gasteiger partial charge in [-0.25, -0.2) is 0 Å². The van der Waals surface area contributed by atoms with Crippen LogP contribution in [0.4, 0.5) is 18.9 Å². The second kappa shape index (κ2) is 7.16. The predicted octanol–water partition coefficient (Wildman–Crippen LogP) is 5.27. The summed E-state index contributed by atoms with van der Waals surface area (Å²) in [5, 5.41) is 20.9. The molecule has 1 aliphatic carbocycles. The van der Waals surface area contributed by atoms with Crippen LogP contribution in [0.2, 0.25) is 10.0 Å². The minimum absolute atomic E-state index is 0.116. The van der Waals surface area contributed by atoms with Crippen LogP contribution in [0.25, 0.3) is 0 Å². The number of nitriles is 1. The zero-order valence-corrected chi connectivity index (χ0v) is 16.9. The van der Waals surface area contributed by atoms with Gasteiger partial charge in [0.05, 0.1) is 22.9 Å². The van der Waals surface area contributed by atoms with Crippen LogP contribution in [0, 0.1) is 17.2 Å². The summed E-state index contributed by atoms with van der Waals surface area (Å²) in [6, 6.07) is 7.42. The first-order valence-electron chi connectivity index (χ1n) is 9.23. The summed E-state index contributed by atoms with van der Waals surface area (Å²) < 4.78 is 41.9. The Hall–Kier alpha value is -2.27. The third-order valence-corrected chi connectivity index (χ3v) is 6.29. The monoisotopic (exact) mass is 454 g/mol. The van der Waals surface area contributed by atoms with Gasteiger partial charge in [0.2, 0.25) is 0 Å². The molecule has 156 valence electrons. The van der Waals surface area contributed by atoms with Crippen LogP contribution >= 0.6 is 23.2 Å². The van der Waals surface area contributed by atoms with E-state index in [0.29, 0.717) is 6.07 Å². The molecule has 1 N–H and O–H groups in total. The van der Waals surface area contributed by atoms with Gasteiger partial charge in [-0.2, -0.15) is 18.4 Å². The third-order valence-electron chi connectivity index (χ3n) is 5.75. The number of nitrogens with zero attached hydrogens (tertiary/aromatic N) is 2. The number of fused-ring (bicyclic) bond motifs is 1. The summed E-state index contributed by atoms with van der Waals surface area (Å²) in [5.74, 6) is -0.806. The normalized spacial score (nSPS) is 21.4. The zero-order chi connectivity index (χ0) is 21.8. The van der Waals surface area contributed by atoms with Crippen molar-refractivity contribution < 1.29 is 23.1 Å². The van der Waals surface area contributed by atoms with Crippen molar-refractivity contribution in [2.75, 3.05) is 11.4 Å². The van der Waals surface area contributed by atoms with Crippen molar-refractivity contribution in [2.24, 2.45) is 5.92 Å². The molecule has 1 amide bonds. The van der Waals surface area contributed by atoms with E-state index in [1.54, 1.807) is 6.07 Å². The topological polar surface area (TPSA) is 64.3 Å². The highest BCUT2D eigenvalue weighted by Gasteiger charge is 2.56. The standard InChI is InChI=1S/C21H15Cl2F3N2O2/c22-13-4-5-14(16(23)8-13)20(30)18-15(21(24,25)26)6-12(9-27)7-17(18)28(19(20)29)10-11-2-1-3-11/h4-8,11,30H,1-3,10H2. The molecule has 1 heterocycles. The van der Waals surface area contributed by atoms with Gasteiger partial charge in [-0.05, 0) is 43.0 Å². The van der Waals surface area contributed by atoms with Crippen molar-refractivity contribution in [2.45, 2.75) is 31.0 Å². The molecule has 4 rings (SSSR count). The number of halogens is 5. The molecule has 1 saturated carbocycles. The Balaban J connectivity index is 2.02. The number of benzene rings is 2. The van der Waals surface area contributed by atoms with Crippen molar-refractivity contribution >= 4 is 34.8 Å². The average Bonchev–Trinajstić information content (AvgIpc) is 2.84. The van der Waals surface area contributed by atoms with E-state index in [2.05, 4.69) is 0 Å². The predicted molar refractivity (Wildman–Crippen MR) is 105 cm³/mol. The van der Waals surface area contributed by atoms with Crippen molar-refractivity contribution in [3.63, 3.8) is 0 Å². The van der Waals surface area contributed by atoms with Crippen LogP contribution < -0.4 is 4.90 Å². The van der Waals surface area contributed by atoms with E-state index >= 15 is 0 Å². The first-order valence-corrected chi connectivity index (χ1v) is 9.98. The Morgan fingerprint density at radius 1 is 1.23 bits per heavy atom. The lowest BCUT2D eigenvalue weighted by molar-refractivity contribution is -0.142. The molecule has 2 aromatic rings. The van der Waals surface area contributed by atoms with Crippen LogP contribution in [0.1, 0.15) is 41.5 Å². The highest BCUT2D eigenvalue weighted by atomic mass is 35.5. The summed E-state index contributed by atoms with van der Waals surface area (Å²) in [6.07, 6.45) is -2.26. The van der Waals surface area contributed by atoms with Crippen molar-refractivity contribution in [3.8, 4) is 6.07 Å². The van der Waals surface area contributed by atoms with Gasteiger partial charge in [-0.3, -0.25) is 4.79 Å². The number of alkyl halides is 3. The summed E-state index contributed by atoms with van der Waals surface area (Å²) in [5.41, 5.74) is -5.06. The molecule has 2 aliphatic rings. The number of rotatable bonds is 3. The van der Waals surface area contributed by atoms with Gasteiger partial charge < -0.3 is 10.0 Å². The molecule has 4 nitrogen and oxygen atoms in total. The van der Waals surface area contributed by atoms with Crippen molar-refractivity contribution in [1.82, 2.24) is 0 Å². The van der Waals surface area contributed by atoms with E-state index in [1.165, 1.54) is 24.3 Å².